The van der Waals surface area contributed by atoms with Crippen LogP contribution in [0.2, 0.25) is 0 Å². The quantitative estimate of drug-likeness (QED) is 0.488. The van der Waals surface area contributed by atoms with Crippen molar-refractivity contribution in [3.63, 3.8) is 0 Å². The lowest BCUT2D eigenvalue weighted by Gasteiger charge is -2.34. The summed E-state index contributed by atoms with van der Waals surface area (Å²) in [6.07, 6.45) is 4.28. The fourth-order valence-corrected chi connectivity index (χ4v) is 5.44. The average Bonchev–Trinajstić information content (AvgIpc) is 3.28. The molecule has 0 bridgehead atoms. The van der Waals surface area contributed by atoms with Gasteiger partial charge in [0, 0.05) is 49.4 Å². The van der Waals surface area contributed by atoms with E-state index in [-0.39, 0.29) is 5.91 Å². The van der Waals surface area contributed by atoms with E-state index in [1.165, 1.54) is 11.3 Å². The Morgan fingerprint density at radius 1 is 0.941 bits per heavy atom. The zero-order chi connectivity index (χ0) is 23.5. The van der Waals surface area contributed by atoms with Gasteiger partial charge in [0.05, 0.1) is 0 Å². The molecule has 1 fully saturated rings. The highest BCUT2D eigenvalue weighted by molar-refractivity contribution is 6.08. The lowest BCUT2D eigenvalue weighted by atomic mass is 9.90. The molecule has 3 aromatic carbocycles. The molecule has 2 aliphatic rings. The first-order chi connectivity index (χ1) is 16.6. The van der Waals surface area contributed by atoms with Crippen molar-refractivity contribution >= 4 is 23.1 Å². The largest absolute Gasteiger partial charge is 0.371 e. The third kappa shape index (κ3) is 4.77. The van der Waals surface area contributed by atoms with Gasteiger partial charge in [-0.15, -0.1) is 0 Å². The summed E-state index contributed by atoms with van der Waals surface area (Å²) < 4.78 is 0. The topological polar surface area (TPSA) is 40.6 Å². The Labute approximate surface area is 202 Å². The second-order valence-electron chi connectivity index (χ2n) is 9.69. The summed E-state index contributed by atoms with van der Waals surface area (Å²) in [6, 6.07) is 24.4. The molecular formula is C30H32N2O2. The number of nitrogens with zero attached hydrogens (tertiary/aromatic N) is 2. The van der Waals surface area contributed by atoms with Crippen LogP contribution in [0.1, 0.15) is 46.3 Å². The van der Waals surface area contributed by atoms with Crippen LogP contribution < -0.4 is 9.80 Å². The molecule has 174 valence electrons. The molecule has 0 radical (unpaired) electrons. The SMILES string of the molecule is Cc1ccccc1C(=O)N1CCc2cc(N3CCCC(CC(=O)Cc4ccccc4)C3)ccc21. The standard InChI is InChI=1S/C30H32N2O2/c1-22-8-5-6-12-28(22)30(34)32-17-15-25-20-26(13-14-29(25)32)31-16-7-11-24(21-31)19-27(33)18-23-9-3-2-4-10-23/h2-6,8-10,12-14,20,24H,7,11,15-19,21H2,1H3. The molecule has 1 unspecified atom stereocenters. The molecule has 1 saturated heterocycles. The molecule has 1 amide bonds. The molecule has 0 spiro atoms. The van der Waals surface area contributed by atoms with Crippen LogP contribution in [0.15, 0.2) is 72.8 Å². The minimum Gasteiger partial charge on any atom is -0.371 e. The van der Waals surface area contributed by atoms with E-state index in [9.17, 15) is 9.59 Å². The van der Waals surface area contributed by atoms with Crippen molar-refractivity contribution in [1.82, 2.24) is 0 Å². The summed E-state index contributed by atoms with van der Waals surface area (Å²) in [5, 5.41) is 0. The third-order valence-electron chi connectivity index (χ3n) is 7.22. The highest BCUT2D eigenvalue weighted by Gasteiger charge is 2.28. The van der Waals surface area contributed by atoms with Gasteiger partial charge in [0.2, 0.25) is 0 Å². The van der Waals surface area contributed by atoms with Gasteiger partial charge in [0.1, 0.15) is 5.78 Å². The summed E-state index contributed by atoms with van der Waals surface area (Å²) in [5.74, 6) is 0.814. The maximum atomic E-state index is 13.2. The van der Waals surface area contributed by atoms with Crippen LogP contribution in [0, 0.1) is 12.8 Å². The number of hydrogen-bond acceptors (Lipinski definition) is 3. The number of carbonyl (C=O) groups is 2. The van der Waals surface area contributed by atoms with Gasteiger partial charge < -0.3 is 9.80 Å². The van der Waals surface area contributed by atoms with Gasteiger partial charge >= 0.3 is 0 Å². The molecule has 0 saturated carbocycles. The smallest absolute Gasteiger partial charge is 0.258 e. The summed E-state index contributed by atoms with van der Waals surface area (Å²) in [5.41, 5.74) is 6.37. The van der Waals surface area contributed by atoms with Gasteiger partial charge in [0.25, 0.3) is 5.91 Å². The summed E-state index contributed by atoms with van der Waals surface area (Å²) in [4.78, 5) is 30.2. The second kappa shape index (κ2) is 9.84. The van der Waals surface area contributed by atoms with E-state index in [1.54, 1.807) is 0 Å². The number of carbonyl (C=O) groups excluding carboxylic acids is 2. The number of aryl methyl sites for hydroxylation is 1. The molecule has 4 heteroatoms. The first-order valence-electron chi connectivity index (χ1n) is 12.4. The van der Waals surface area contributed by atoms with Gasteiger partial charge in [-0.05, 0) is 73.1 Å². The van der Waals surface area contributed by atoms with Crippen LogP contribution in [0.3, 0.4) is 0 Å². The number of fused-ring (bicyclic) bond motifs is 1. The molecule has 1 atom stereocenters. The Hall–Kier alpha value is -3.40. The Bertz CT molecular complexity index is 1190. The molecule has 0 aliphatic carbocycles. The van der Waals surface area contributed by atoms with Crippen LogP contribution >= 0.6 is 0 Å². The third-order valence-corrected chi connectivity index (χ3v) is 7.22. The van der Waals surface area contributed by atoms with Crippen LogP contribution in [0.5, 0.6) is 0 Å². The van der Waals surface area contributed by atoms with Crippen molar-refractivity contribution in [1.29, 1.82) is 0 Å². The van der Waals surface area contributed by atoms with E-state index in [0.29, 0.717) is 24.5 Å². The first-order valence-corrected chi connectivity index (χ1v) is 12.4. The average molecular weight is 453 g/mol. The monoisotopic (exact) mass is 452 g/mol. The zero-order valence-corrected chi connectivity index (χ0v) is 19.9. The van der Waals surface area contributed by atoms with Gasteiger partial charge in [-0.1, -0.05) is 48.5 Å². The second-order valence-corrected chi connectivity index (χ2v) is 9.69. The van der Waals surface area contributed by atoms with Crippen molar-refractivity contribution in [3.05, 3.63) is 95.1 Å². The number of anilines is 2. The number of ketones is 1. The number of benzene rings is 3. The molecule has 4 nitrogen and oxygen atoms in total. The van der Waals surface area contributed by atoms with E-state index >= 15 is 0 Å². The molecule has 34 heavy (non-hydrogen) atoms. The van der Waals surface area contributed by atoms with E-state index in [1.807, 2.05) is 66.4 Å². The van der Waals surface area contributed by atoms with Gasteiger partial charge in [-0.25, -0.2) is 0 Å². The number of rotatable bonds is 6. The minimum atomic E-state index is 0.0829. The predicted octanol–water partition coefficient (Wildman–Crippen LogP) is 5.62. The van der Waals surface area contributed by atoms with Crippen LogP contribution in [0.25, 0.3) is 0 Å². The van der Waals surface area contributed by atoms with Crippen LogP contribution in [0.4, 0.5) is 11.4 Å². The number of amides is 1. The maximum Gasteiger partial charge on any atom is 0.258 e. The van der Waals surface area contributed by atoms with Crippen LogP contribution in [-0.4, -0.2) is 31.3 Å². The highest BCUT2D eigenvalue weighted by Crippen LogP contribution is 2.34. The fraction of sp³-hybridized carbons (Fsp3) is 0.333. The molecule has 3 aromatic rings. The minimum absolute atomic E-state index is 0.0829. The molecule has 5 rings (SSSR count). The normalized spacial score (nSPS) is 17.5. The Morgan fingerprint density at radius 3 is 2.56 bits per heavy atom. The fourth-order valence-electron chi connectivity index (χ4n) is 5.44. The summed E-state index contributed by atoms with van der Waals surface area (Å²) in [6.45, 7) is 4.66. The van der Waals surface area contributed by atoms with Crippen molar-refractivity contribution < 1.29 is 9.59 Å². The van der Waals surface area contributed by atoms with E-state index in [4.69, 9.17) is 0 Å². The number of piperidine rings is 1. The lowest BCUT2D eigenvalue weighted by Crippen LogP contribution is -2.36. The summed E-state index contributed by atoms with van der Waals surface area (Å²) >= 11 is 0. The number of Topliss-reactive ketones (excluding diaryl/α,β-unsaturated/α-hetero) is 1. The zero-order valence-electron chi connectivity index (χ0n) is 19.9. The number of hydrogen-bond donors (Lipinski definition) is 0. The van der Waals surface area contributed by atoms with Crippen LogP contribution in [-0.2, 0) is 17.6 Å². The Morgan fingerprint density at radius 2 is 1.74 bits per heavy atom. The molecule has 2 aliphatic heterocycles. The highest BCUT2D eigenvalue weighted by atomic mass is 16.2. The van der Waals surface area contributed by atoms with E-state index in [2.05, 4.69) is 23.1 Å². The van der Waals surface area contributed by atoms with Gasteiger partial charge in [-0.3, -0.25) is 9.59 Å². The lowest BCUT2D eigenvalue weighted by molar-refractivity contribution is -0.119. The maximum absolute atomic E-state index is 13.2. The Balaban J connectivity index is 1.25. The molecule has 2 heterocycles. The van der Waals surface area contributed by atoms with Crippen molar-refractivity contribution in [2.24, 2.45) is 5.92 Å². The molecular weight excluding hydrogens is 420 g/mol. The van der Waals surface area contributed by atoms with E-state index < -0.39 is 0 Å². The van der Waals surface area contributed by atoms with Crippen molar-refractivity contribution in [2.45, 2.75) is 39.0 Å². The van der Waals surface area contributed by atoms with Gasteiger partial charge in [0.15, 0.2) is 0 Å². The predicted molar refractivity (Wildman–Crippen MR) is 138 cm³/mol. The van der Waals surface area contributed by atoms with Gasteiger partial charge in [-0.2, -0.15) is 0 Å². The molecule has 0 aromatic heterocycles. The first kappa shape index (κ1) is 22.4. The van der Waals surface area contributed by atoms with E-state index in [0.717, 1.165) is 61.3 Å². The summed E-state index contributed by atoms with van der Waals surface area (Å²) in [7, 11) is 0. The van der Waals surface area contributed by atoms with Crippen molar-refractivity contribution in [3.8, 4) is 0 Å². The molecule has 0 N–H and O–H groups in total. The van der Waals surface area contributed by atoms with Crippen molar-refractivity contribution in [2.75, 3.05) is 29.4 Å². The Kier molecular flexibility index (Phi) is 6.48.